The van der Waals surface area contributed by atoms with Crippen LogP contribution < -0.4 is 10.6 Å². The number of rotatable bonds is 11. The van der Waals surface area contributed by atoms with Crippen molar-refractivity contribution in [1.82, 2.24) is 40.4 Å². The zero-order chi connectivity index (χ0) is 43.8. The van der Waals surface area contributed by atoms with E-state index in [2.05, 4.69) is 72.7 Å². The monoisotopic (exact) mass is 882 g/mol. The number of alkyl carbamates (subject to hydrolysis) is 2. The van der Waals surface area contributed by atoms with Crippen LogP contribution in [0, 0.1) is 5.92 Å². The number of carbonyl (C=O) groups excluding carboxylic acids is 4. The number of nitrogens with zero attached hydrogens (tertiary/aromatic N) is 4. The predicted octanol–water partition coefficient (Wildman–Crippen LogP) is 9.14. The first-order chi connectivity index (χ1) is 30.6. The molecule has 16 heteroatoms. The van der Waals surface area contributed by atoms with E-state index in [9.17, 15) is 19.2 Å². The Morgan fingerprint density at radius 2 is 1.48 bits per heavy atom. The first-order valence-electron chi connectivity index (χ1n) is 20.8. The van der Waals surface area contributed by atoms with Gasteiger partial charge in [-0.15, -0.1) is 22.7 Å². The van der Waals surface area contributed by atoms with E-state index >= 15 is 0 Å². The van der Waals surface area contributed by atoms with Crippen LogP contribution in [0.5, 0.6) is 0 Å². The topological polar surface area (TPSA) is 175 Å². The third-order valence-corrected chi connectivity index (χ3v) is 13.9. The van der Waals surface area contributed by atoms with Crippen molar-refractivity contribution < 1.29 is 28.7 Å². The molecule has 0 aliphatic carbocycles. The maximum absolute atomic E-state index is 14.0. The molecule has 4 atom stereocenters. The second kappa shape index (κ2) is 17.5. The van der Waals surface area contributed by atoms with Crippen molar-refractivity contribution in [1.29, 1.82) is 0 Å². The molecule has 2 aliphatic rings. The van der Waals surface area contributed by atoms with Crippen LogP contribution in [0.3, 0.4) is 0 Å². The van der Waals surface area contributed by atoms with Gasteiger partial charge in [-0.3, -0.25) is 9.59 Å². The molecule has 0 bridgehead atoms. The molecule has 7 aromatic rings. The lowest BCUT2D eigenvalue weighted by molar-refractivity contribution is -0.135. The maximum atomic E-state index is 14.0. The Labute approximate surface area is 371 Å². The van der Waals surface area contributed by atoms with Crippen LogP contribution in [-0.2, 0) is 19.1 Å². The molecule has 63 heavy (non-hydrogen) atoms. The van der Waals surface area contributed by atoms with Gasteiger partial charge in [-0.2, -0.15) is 0 Å². The van der Waals surface area contributed by atoms with E-state index in [0.29, 0.717) is 24.5 Å². The van der Waals surface area contributed by atoms with E-state index in [4.69, 9.17) is 14.5 Å². The van der Waals surface area contributed by atoms with E-state index in [1.165, 1.54) is 29.2 Å². The molecule has 2 aliphatic heterocycles. The first-order valence-corrected chi connectivity index (χ1v) is 22.5. The summed E-state index contributed by atoms with van der Waals surface area (Å²) in [6, 6.07) is 21.6. The lowest BCUT2D eigenvalue weighted by Crippen LogP contribution is -2.51. The molecule has 14 nitrogen and oxygen atoms in total. The number of aromatic nitrogens is 4. The van der Waals surface area contributed by atoms with E-state index < -0.39 is 24.3 Å². The number of carbonyl (C=O) groups is 4. The summed E-state index contributed by atoms with van der Waals surface area (Å²) in [5, 5.41) is 9.83. The molecule has 6 heterocycles. The number of H-pyrrole nitrogens is 2. The summed E-state index contributed by atoms with van der Waals surface area (Å²) in [4.78, 5) is 72.0. The van der Waals surface area contributed by atoms with Crippen molar-refractivity contribution in [2.45, 2.75) is 50.9 Å². The third-order valence-electron chi connectivity index (χ3n) is 11.8. The van der Waals surface area contributed by atoms with Gasteiger partial charge < -0.3 is 39.9 Å². The molecule has 4 N–H and O–H groups in total. The molecule has 4 aromatic heterocycles. The van der Waals surface area contributed by atoms with Crippen LogP contribution in [-0.4, -0.2) is 87.1 Å². The number of imidazole rings is 2. The number of fused-ring (bicyclic) bond motifs is 2. The minimum Gasteiger partial charge on any atom is -0.453 e. The van der Waals surface area contributed by atoms with Gasteiger partial charge in [0.15, 0.2) is 0 Å². The summed E-state index contributed by atoms with van der Waals surface area (Å²) >= 11 is 3.45. The number of aromatic amines is 2. The average molecular weight is 883 g/mol. The number of methoxy groups -OCH3 is 2. The van der Waals surface area contributed by atoms with Gasteiger partial charge in [0.25, 0.3) is 5.91 Å². The normalized spacial score (nSPS) is 17.1. The van der Waals surface area contributed by atoms with Gasteiger partial charge in [-0.05, 0) is 53.1 Å². The summed E-state index contributed by atoms with van der Waals surface area (Å²) in [6.07, 6.45) is 5.93. The summed E-state index contributed by atoms with van der Waals surface area (Å²) in [6.45, 7) is 4.74. The van der Waals surface area contributed by atoms with Crippen LogP contribution in [0.4, 0.5) is 9.59 Å². The van der Waals surface area contributed by atoms with Gasteiger partial charge in [0.2, 0.25) is 5.91 Å². The van der Waals surface area contributed by atoms with Crippen molar-refractivity contribution >= 4 is 67.1 Å². The lowest BCUT2D eigenvalue weighted by Gasteiger charge is -2.29. The molecular formula is C47H46N8O6S2. The second-order valence-corrected chi connectivity index (χ2v) is 17.7. The van der Waals surface area contributed by atoms with Crippen LogP contribution in [0.25, 0.3) is 53.9 Å². The van der Waals surface area contributed by atoms with Gasteiger partial charge in [0.1, 0.15) is 29.8 Å². The molecule has 4 amide bonds. The van der Waals surface area contributed by atoms with Gasteiger partial charge in [-0.1, -0.05) is 86.7 Å². The smallest absolute Gasteiger partial charge is 0.407 e. The minimum atomic E-state index is -0.885. The predicted molar refractivity (Wildman–Crippen MR) is 244 cm³/mol. The van der Waals surface area contributed by atoms with Crippen molar-refractivity contribution in [3.8, 4) is 33.5 Å². The molecule has 3 aromatic carbocycles. The fraction of sp³-hybridized carbons (Fsp3) is 0.277. The number of likely N-dealkylation sites (tertiary alicyclic amines) is 1. The highest BCUT2D eigenvalue weighted by Gasteiger charge is 2.38. The molecule has 9 rings (SSSR count). The summed E-state index contributed by atoms with van der Waals surface area (Å²) in [7, 11) is 2.57. The highest BCUT2D eigenvalue weighted by atomic mass is 32.1. The van der Waals surface area contributed by atoms with Crippen LogP contribution >= 0.6 is 22.7 Å². The highest BCUT2D eigenvalue weighted by Crippen LogP contribution is 2.45. The Morgan fingerprint density at radius 3 is 2.19 bits per heavy atom. The molecule has 0 radical (unpaired) electrons. The zero-order valence-corrected chi connectivity index (χ0v) is 36.7. The van der Waals surface area contributed by atoms with Crippen molar-refractivity contribution in [2.75, 3.05) is 27.3 Å². The Bertz CT molecular complexity index is 2840. The molecule has 0 saturated carbocycles. The highest BCUT2D eigenvalue weighted by molar-refractivity contribution is 7.27. The van der Waals surface area contributed by atoms with Gasteiger partial charge in [-0.25, -0.2) is 19.6 Å². The fourth-order valence-corrected chi connectivity index (χ4v) is 11.0. The Morgan fingerprint density at radius 1 is 0.794 bits per heavy atom. The SMILES string of the molecule is COC(=O)N[C@H](C(=O)N1CC=CC1c1ncc(-c2ccc(-c3csc4c(-c5ccc6nc([C@@H]7CCCN7C(=O)[C@H](NC(=O)OC)c7ccccc7)[nH]c6c5)csc34)cc2)[nH]1)C(C)C. The maximum Gasteiger partial charge on any atom is 0.407 e. The summed E-state index contributed by atoms with van der Waals surface area (Å²) in [5.74, 6) is 0.822. The van der Waals surface area contributed by atoms with E-state index in [1.54, 1.807) is 33.8 Å². The molecule has 322 valence electrons. The first kappa shape index (κ1) is 41.6. The fourth-order valence-electron chi connectivity index (χ4n) is 8.49. The summed E-state index contributed by atoms with van der Waals surface area (Å²) in [5.41, 5.74) is 8.69. The largest absolute Gasteiger partial charge is 0.453 e. The number of benzene rings is 3. The minimum absolute atomic E-state index is 0.135. The quantitative estimate of drug-likeness (QED) is 0.0931. The number of hydrogen-bond donors (Lipinski definition) is 4. The molecule has 1 fully saturated rings. The molecule has 1 unspecified atom stereocenters. The Hall–Kier alpha value is -6.78. The van der Waals surface area contributed by atoms with E-state index in [0.717, 1.165) is 57.6 Å². The second-order valence-electron chi connectivity index (χ2n) is 16.0. The van der Waals surface area contributed by atoms with Crippen LogP contribution in [0.2, 0.25) is 0 Å². The standard InChI is InChI=1S/C47H46N8O6S2/c1-26(2)38(52-46(58)60-3)44(56)54-20-8-12-36(54)42-48-23-35(51-42)28-16-14-27(15-17-28)31-24-62-41-32(25-63-40(31)41)30-18-19-33-34(22-30)50-43(49-33)37-13-9-21-55(37)45(57)39(53-47(59)61-4)29-10-6-5-7-11-29/h5-8,10-12,14-19,22-26,36-39H,9,13,20-21H2,1-4H3,(H,48,51)(H,49,50)(H,52,58)(H,53,59)/t36?,37-,38-,39+/m0/s1. The van der Waals surface area contributed by atoms with Crippen molar-refractivity contribution in [2.24, 2.45) is 5.92 Å². The number of hydrogen-bond acceptors (Lipinski definition) is 10. The number of thiophene rings is 2. The molecular weight excluding hydrogens is 837 g/mol. The zero-order valence-electron chi connectivity index (χ0n) is 35.1. The van der Waals surface area contributed by atoms with Crippen molar-refractivity contribution in [3.05, 3.63) is 119 Å². The lowest BCUT2D eigenvalue weighted by atomic mass is 10.0. The summed E-state index contributed by atoms with van der Waals surface area (Å²) < 4.78 is 12.0. The average Bonchev–Trinajstić information content (AvgIpc) is 4.17. The van der Waals surface area contributed by atoms with E-state index in [1.807, 2.05) is 67.3 Å². The van der Waals surface area contributed by atoms with Crippen molar-refractivity contribution in [3.63, 3.8) is 0 Å². The number of amides is 4. The molecule has 1 saturated heterocycles. The Kier molecular flexibility index (Phi) is 11.6. The van der Waals surface area contributed by atoms with Gasteiger partial charge in [0.05, 0.1) is 52.6 Å². The molecule has 0 spiro atoms. The third kappa shape index (κ3) is 8.07. The Balaban J connectivity index is 0.909. The van der Waals surface area contributed by atoms with Gasteiger partial charge in [0, 0.05) is 35.0 Å². The van der Waals surface area contributed by atoms with Crippen LogP contribution in [0.15, 0.2) is 102 Å². The number of nitrogens with one attached hydrogen (secondary N) is 4. The van der Waals surface area contributed by atoms with Crippen LogP contribution in [0.1, 0.15) is 62.0 Å². The van der Waals surface area contributed by atoms with E-state index in [-0.39, 0.29) is 29.8 Å². The van der Waals surface area contributed by atoms with Gasteiger partial charge >= 0.3 is 12.2 Å². The number of ether oxygens (including phenoxy) is 2.